The Bertz CT molecular complexity index is 714. The molecule has 0 unspecified atom stereocenters. The quantitative estimate of drug-likeness (QED) is 0.875. The van der Waals surface area contributed by atoms with Crippen molar-refractivity contribution in [2.24, 2.45) is 0 Å². The molecule has 0 aliphatic heterocycles. The number of rotatable bonds is 2. The van der Waals surface area contributed by atoms with E-state index in [2.05, 4.69) is 27.3 Å². The molecular formula is C14H7BrClN3. The van der Waals surface area contributed by atoms with Crippen LogP contribution in [0.4, 0.5) is 11.4 Å². The highest BCUT2D eigenvalue weighted by Crippen LogP contribution is 2.25. The van der Waals surface area contributed by atoms with Crippen LogP contribution in [0, 0.1) is 22.7 Å². The van der Waals surface area contributed by atoms with E-state index in [-0.39, 0.29) is 0 Å². The van der Waals surface area contributed by atoms with Crippen LogP contribution in [0.2, 0.25) is 5.02 Å². The summed E-state index contributed by atoms with van der Waals surface area (Å²) in [6.07, 6.45) is 0. The van der Waals surface area contributed by atoms with Crippen LogP contribution in [0.15, 0.2) is 40.9 Å². The predicted octanol–water partition coefficient (Wildman–Crippen LogP) is 4.59. The monoisotopic (exact) mass is 331 g/mol. The lowest BCUT2D eigenvalue weighted by Gasteiger charge is -2.08. The highest BCUT2D eigenvalue weighted by molar-refractivity contribution is 9.10. The summed E-state index contributed by atoms with van der Waals surface area (Å²) in [5.41, 5.74) is 2.51. The molecule has 0 spiro atoms. The van der Waals surface area contributed by atoms with Gasteiger partial charge in [-0.15, -0.1) is 0 Å². The van der Waals surface area contributed by atoms with Crippen molar-refractivity contribution >= 4 is 38.9 Å². The summed E-state index contributed by atoms with van der Waals surface area (Å²) in [5, 5.41) is 21.2. The summed E-state index contributed by atoms with van der Waals surface area (Å²) in [4.78, 5) is 0. The van der Waals surface area contributed by atoms with E-state index in [9.17, 15) is 0 Å². The third kappa shape index (κ3) is 3.26. The van der Waals surface area contributed by atoms with Crippen molar-refractivity contribution in [2.75, 3.05) is 5.32 Å². The molecule has 1 N–H and O–H groups in total. The number of hydrogen-bond acceptors (Lipinski definition) is 3. The van der Waals surface area contributed by atoms with Crippen LogP contribution in [-0.2, 0) is 0 Å². The molecular weight excluding hydrogens is 326 g/mol. The van der Waals surface area contributed by atoms with Gasteiger partial charge in [0.05, 0.1) is 22.2 Å². The first kappa shape index (κ1) is 13.4. The summed E-state index contributed by atoms with van der Waals surface area (Å²) >= 11 is 9.31. The van der Waals surface area contributed by atoms with E-state index in [0.717, 1.165) is 15.8 Å². The summed E-state index contributed by atoms with van der Waals surface area (Å²) < 4.78 is 0.814. The van der Waals surface area contributed by atoms with Gasteiger partial charge in [0.1, 0.15) is 6.07 Å². The van der Waals surface area contributed by atoms with E-state index >= 15 is 0 Å². The molecule has 0 bridgehead atoms. The van der Waals surface area contributed by atoms with E-state index in [1.165, 1.54) is 0 Å². The second-order valence-corrected chi connectivity index (χ2v) is 5.09. The van der Waals surface area contributed by atoms with Crippen molar-refractivity contribution in [3.63, 3.8) is 0 Å². The molecule has 0 amide bonds. The van der Waals surface area contributed by atoms with Crippen LogP contribution in [0.3, 0.4) is 0 Å². The molecule has 0 saturated heterocycles. The average molecular weight is 333 g/mol. The topological polar surface area (TPSA) is 59.6 Å². The highest BCUT2D eigenvalue weighted by Gasteiger charge is 2.03. The Hall–Kier alpha value is -2.01. The second-order valence-electron chi connectivity index (χ2n) is 3.77. The zero-order chi connectivity index (χ0) is 13.8. The average Bonchev–Trinajstić information content (AvgIpc) is 2.38. The molecule has 3 nitrogen and oxygen atoms in total. The standard InChI is InChI=1S/C14H7BrClN3/c15-11-3-9(7-17)4-13(5-11)19-12-2-1-10(8-18)14(16)6-12/h1-6,19H. The summed E-state index contributed by atoms with van der Waals surface area (Å²) in [5.74, 6) is 0. The molecule has 5 heteroatoms. The fourth-order valence-corrected chi connectivity index (χ4v) is 2.29. The maximum absolute atomic E-state index is 8.91. The third-order valence-corrected chi connectivity index (χ3v) is 3.18. The van der Waals surface area contributed by atoms with Gasteiger partial charge in [-0.05, 0) is 36.4 Å². The molecule has 2 aromatic carbocycles. The minimum atomic E-state index is 0.392. The Morgan fingerprint density at radius 1 is 1.00 bits per heavy atom. The van der Waals surface area contributed by atoms with Crippen molar-refractivity contribution in [3.05, 3.63) is 57.0 Å². The highest BCUT2D eigenvalue weighted by atomic mass is 79.9. The Labute approximate surface area is 124 Å². The third-order valence-electron chi connectivity index (χ3n) is 2.41. The second kappa shape index (κ2) is 5.75. The van der Waals surface area contributed by atoms with Gasteiger partial charge in [0.2, 0.25) is 0 Å². The van der Waals surface area contributed by atoms with Gasteiger partial charge < -0.3 is 5.32 Å². The number of nitrogens with one attached hydrogen (secondary N) is 1. The number of anilines is 2. The molecule has 2 rings (SSSR count). The zero-order valence-electron chi connectivity index (χ0n) is 9.61. The van der Waals surface area contributed by atoms with Crippen LogP contribution < -0.4 is 5.32 Å². The number of benzene rings is 2. The lowest BCUT2D eigenvalue weighted by Crippen LogP contribution is -1.92. The van der Waals surface area contributed by atoms with Gasteiger partial charge >= 0.3 is 0 Å². The van der Waals surface area contributed by atoms with E-state index < -0.39 is 0 Å². The molecule has 0 saturated carbocycles. The van der Waals surface area contributed by atoms with Gasteiger partial charge in [-0.25, -0.2) is 0 Å². The van der Waals surface area contributed by atoms with E-state index in [4.69, 9.17) is 22.1 Å². The molecule has 0 aliphatic rings. The number of nitrogens with zero attached hydrogens (tertiary/aromatic N) is 2. The van der Waals surface area contributed by atoms with Crippen molar-refractivity contribution in [2.45, 2.75) is 0 Å². The first-order valence-corrected chi connectivity index (χ1v) is 6.47. The van der Waals surface area contributed by atoms with Gasteiger partial charge in [-0.1, -0.05) is 27.5 Å². The lowest BCUT2D eigenvalue weighted by atomic mass is 10.2. The molecule has 0 fully saturated rings. The fraction of sp³-hybridized carbons (Fsp3) is 0. The summed E-state index contributed by atoms with van der Waals surface area (Å²) in [7, 11) is 0. The fourth-order valence-electron chi connectivity index (χ4n) is 1.58. The molecule has 0 aromatic heterocycles. The van der Waals surface area contributed by atoms with Gasteiger partial charge in [-0.2, -0.15) is 10.5 Å². The molecule has 0 atom stereocenters. The van der Waals surface area contributed by atoms with E-state index in [1.54, 1.807) is 30.3 Å². The van der Waals surface area contributed by atoms with E-state index in [0.29, 0.717) is 16.1 Å². The first-order chi connectivity index (χ1) is 9.12. The maximum atomic E-state index is 8.91. The van der Waals surface area contributed by atoms with Crippen LogP contribution in [0.5, 0.6) is 0 Å². The first-order valence-electron chi connectivity index (χ1n) is 5.30. The molecule has 92 valence electrons. The summed E-state index contributed by atoms with van der Waals surface area (Å²) in [6.45, 7) is 0. The van der Waals surface area contributed by atoms with Crippen molar-refractivity contribution in [1.29, 1.82) is 10.5 Å². The number of nitriles is 2. The van der Waals surface area contributed by atoms with Gasteiger partial charge in [0.15, 0.2) is 0 Å². The lowest BCUT2D eigenvalue weighted by molar-refractivity contribution is 1.45. The van der Waals surface area contributed by atoms with Gasteiger partial charge in [-0.3, -0.25) is 0 Å². The van der Waals surface area contributed by atoms with Gasteiger partial charge in [0, 0.05) is 15.8 Å². The summed E-state index contributed by atoms with van der Waals surface area (Å²) in [6, 6.07) is 14.5. The molecule has 0 heterocycles. The van der Waals surface area contributed by atoms with Crippen LogP contribution in [-0.4, -0.2) is 0 Å². The van der Waals surface area contributed by atoms with Gasteiger partial charge in [0.25, 0.3) is 0 Å². The largest absolute Gasteiger partial charge is 0.355 e. The number of halogens is 2. The molecule has 2 aromatic rings. The minimum absolute atomic E-state index is 0.392. The normalized spacial score (nSPS) is 9.47. The zero-order valence-corrected chi connectivity index (χ0v) is 12.0. The molecule has 19 heavy (non-hydrogen) atoms. The predicted molar refractivity (Wildman–Crippen MR) is 78.3 cm³/mol. The molecule has 0 radical (unpaired) electrons. The Morgan fingerprint density at radius 3 is 2.42 bits per heavy atom. The van der Waals surface area contributed by atoms with Crippen molar-refractivity contribution in [1.82, 2.24) is 0 Å². The SMILES string of the molecule is N#Cc1cc(Br)cc(Nc2ccc(C#N)c(Cl)c2)c1. The van der Waals surface area contributed by atoms with Crippen molar-refractivity contribution in [3.8, 4) is 12.1 Å². The Morgan fingerprint density at radius 2 is 1.79 bits per heavy atom. The van der Waals surface area contributed by atoms with Crippen LogP contribution in [0.1, 0.15) is 11.1 Å². The van der Waals surface area contributed by atoms with Crippen LogP contribution >= 0.6 is 27.5 Å². The maximum Gasteiger partial charge on any atom is 0.101 e. The minimum Gasteiger partial charge on any atom is -0.355 e. The molecule has 0 aliphatic carbocycles. The van der Waals surface area contributed by atoms with Crippen LogP contribution in [0.25, 0.3) is 0 Å². The number of hydrogen-bond donors (Lipinski definition) is 1. The Kier molecular flexibility index (Phi) is 4.06. The van der Waals surface area contributed by atoms with Crippen molar-refractivity contribution < 1.29 is 0 Å². The van der Waals surface area contributed by atoms with E-state index in [1.807, 2.05) is 12.1 Å². The smallest absolute Gasteiger partial charge is 0.101 e. The Balaban J connectivity index is 2.32.